The summed E-state index contributed by atoms with van der Waals surface area (Å²) in [6.07, 6.45) is 1.95. The molecule has 0 spiro atoms. The number of halogens is 1. The molecule has 0 aliphatic carbocycles. The van der Waals surface area contributed by atoms with E-state index < -0.39 is 0 Å². The first-order chi connectivity index (χ1) is 12.2. The number of para-hydroxylation sites is 2. The second-order valence-electron chi connectivity index (χ2n) is 5.66. The minimum Gasteiger partial charge on any atom is -0.315 e. The predicted molar refractivity (Wildman–Crippen MR) is 100 cm³/mol. The first kappa shape index (κ1) is 15.4. The van der Waals surface area contributed by atoms with E-state index in [4.69, 9.17) is 11.6 Å². The van der Waals surface area contributed by atoms with Crippen molar-refractivity contribution < 1.29 is 4.92 Å². The molecule has 5 heteroatoms. The number of nitrogens with zero attached hydrogens (tertiary/aromatic N) is 2. The molecule has 0 saturated carbocycles. The zero-order valence-electron chi connectivity index (χ0n) is 13.1. The molecule has 0 bridgehead atoms. The summed E-state index contributed by atoms with van der Waals surface area (Å²) in [5.74, 6) is 0. The number of nitro groups is 1. The van der Waals surface area contributed by atoms with Gasteiger partial charge in [-0.15, -0.1) is 0 Å². The molecule has 0 amide bonds. The Kier molecular flexibility index (Phi) is 3.75. The molecule has 0 N–H and O–H groups in total. The normalized spacial score (nSPS) is 10.9. The number of fused-ring (bicyclic) bond motifs is 1. The van der Waals surface area contributed by atoms with E-state index in [0.717, 1.165) is 16.6 Å². The molecule has 0 radical (unpaired) electrons. The maximum Gasteiger partial charge on any atom is 0.277 e. The Morgan fingerprint density at radius 1 is 0.840 bits per heavy atom. The zero-order valence-corrected chi connectivity index (χ0v) is 13.9. The fraction of sp³-hybridized carbons (Fsp3) is 0. The Balaban J connectivity index is 2.00. The highest BCUT2D eigenvalue weighted by Crippen LogP contribution is 2.39. The molecular formula is C20H13ClN2O2. The van der Waals surface area contributed by atoms with Crippen molar-refractivity contribution >= 4 is 28.2 Å². The van der Waals surface area contributed by atoms with Gasteiger partial charge in [0.15, 0.2) is 0 Å². The third-order valence-corrected chi connectivity index (χ3v) is 4.60. The van der Waals surface area contributed by atoms with Gasteiger partial charge in [-0.25, -0.2) is 0 Å². The van der Waals surface area contributed by atoms with E-state index in [0.29, 0.717) is 16.1 Å². The van der Waals surface area contributed by atoms with Gasteiger partial charge < -0.3 is 4.57 Å². The van der Waals surface area contributed by atoms with E-state index in [2.05, 4.69) is 0 Å². The van der Waals surface area contributed by atoms with Crippen LogP contribution in [0.1, 0.15) is 0 Å². The van der Waals surface area contributed by atoms with E-state index in [1.807, 2.05) is 59.3 Å². The van der Waals surface area contributed by atoms with Crippen LogP contribution in [0.15, 0.2) is 79.0 Å². The highest BCUT2D eigenvalue weighted by Gasteiger charge is 2.19. The van der Waals surface area contributed by atoms with Gasteiger partial charge in [-0.05, 0) is 24.3 Å². The lowest BCUT2D eigenvalue weighted by molar-refractivity contribution is -0.384. The van der Waals surface area contributed by atoms with Crippen LogP contribution in [0, 0.1) is 10.1 Å². The van der Waals surface area contributed by atoms with Crippen molar-refractivity contribution in [2.45, 2.75) is 0 Å². The van der Waals surface area contributed by atoms with Gasteiger partial charge in [0.25, 0.3) is 5.69 Å². The number of hydrogen-bond acceptors (Lipinski definition) is 2. The zero-order chi connectivity index (χ0) is 17.4. The molecule has 122 valence electrons. The minimum absolute atomic E-state index is 0.0431. The van der Waals surface area contributed by atoms with E-state index in [1.165, 1.54) is 6.07 Å². The molecule has 4 aromatic rings. The highest BCUT2D eigenvalue weighted by molar-refractivity contribution is 6.38. The van der Waals surface area contributed by atoms with E-state index in [-0.39, 0.29) is 10.6 Å². The van der Waals surface area contributed by atoms with Crippen molar-refractivity contribution in [3.63, 3.8) is 0 Å². The van der Waals surface area contributed by atoms with Crippen molar-refractivity contribution in [3.8, 4) is 16.8 Å². The molecule has 0 atom stereocenters. The quantitative estimate of drug-likeness (QED) is 0.344. The average Bonchev–Trinajstić information content (AvgIpc) is 3.08. The standard InChI is InChI=1S/C20H13ClN2O2/c21-19-17(16-8-4-5-9-18(16)23(24)25)11-10-14-12-13-22(20(14)19)15-6-2-1-3-7-15/h1-13H. The lowest BCUT2D eigenvalue weighted by Crippen LogP contribution is -1.95. The fourth-order valence-electron chi connectivity index (χ4n) is 3.06. The van der Waals surface area contributed by atoms with Gasteiger partial charge in [0.1, 0.15) is 0 Å². The molecule has 3 aromatic carbocycles. The van der Waals surface area contributed by atoms with Crippen LogP contribution < -0.4 is 0 Å². The van der Waals surface area contributed by atoms with Crippen LogP contribution in [0.4, 0.5) is 5.69 Å². The van der Waals surface area contributed by atoms with Crippen LogP contribution in [0.2, 0.25) is 5.02 Å². The molecule has 1 heterocycles. The number of aromatic nitrogens is 1. The van der Waals surface area contributed by atoms with Gasteiger partial charge in [0, 0.05) is 28.9 Å². The fourth-order valence-corrected chi connectivity index (χ4v) is 3.43. The lowest BCUT2D eigenvalue weighted by Gasteiger charge is -2.11. The summed E-state index contributed by atoms with van der Waals surface area (Å²) >= 11 is 6.71. The van der Waals surface area contributed by atoms with Gasteiger partial charge >= 0.3 is 0 Å². The van der Waals surface area contributed by atoms with Crippen LogP contribution in [-0.2, 0) is 0 Å². The molecule has 0 saturated heterocycles. The summed E-state index contributed by atoms with van der Waals surface area (Å²) in [4.78, 5) is 11.0. The topological polar surface area (TPSA) is 48.1 Å². The van der Waals surface area contributed by atoms with Crippen molar-refractivity contribution in [2.24, 2.45) is 0 Å². The monoisotopic (exact) mass is 348 g/mol. The first-order valence-electron chi connectivity index (χ1n) is 7.75. The van der Waals surface area contributed by atoms with Gasteiger partial charge in [-0.1, -0.05) is 54.1 Å². The van der Waals surface area contributed by atoms with E-state index in [1.54, 1.807) is 18.2 Å². The van der Waals surface area contributed by atoms with Crippen LogP contribution in [0.25, 0.3) is 27.7 Å². The average molecular weight is 349 g/mol. The third-order valence-electron chi connectivity index (χ3n) is 4.22. The van der Waals surface area contributed by atoms with E-state index >= 15 is 0 Å². The summed E-state index contributed by atoms with van der Waals surface area (Å²) in [7, 11) is 0. The van der Waals surface area contributed by atoms with Gasteiger partial charge in [0.05, 0.1) is 21.0 Å². The Labute approximate surface area is 149 Å². The third kappa shape index (κ3) is 2.57. The highest BCUT2D eigenvalue weighted by atomic mass is 35.5. The largest absolute Gasteiger partial charge is 0.315 e. The molecule has 4 rings (SSSR count). The first-order valence-corrected chi connectivity index (χ1v) is 8.13. The van der Waals surface area contributed by atoms with Crippen LogP contribution >= 0.6 is 11.6 Å². The lowest BCUT2D eigenvalue weighted by atomic mass is 10.0. The molecule has 0 aliphatic heterocycles. The number of hydrogen-bond donors (Lipinski definition) is 0. The van der Waals surface area contributed by atoms with Crippen LogP contribution in [0.5, 0.6) is 0 Å². The van der Waals surface area contributed by atoms with Crippen LogP contribution in [0.3, 0.4) is 0 Å². The van der Waals surface area contributed by atoms with Crippen molar-refractivity contribution in [2.75, 3.05) is 0 Å². The number of benzene rings is 3. The Morgan fingerprint density at radius 3 is 2.32 bits per heavy atom. The summed E-state index contributed by atoms with van der Waals surface area (Å²) in [5.41, 5.74) is 3.03. The minimum atomic E-state index is -0.383. The summed E-state index contributed by atoms with van der Waals surface area (Å²) in [6, 6.07) is 22.3. The molecule has 4 nitrogen and oxygen atoms in total. The predicted octanol–water partition coefficient (Wildman–Crippen LogP) is 5.86. The molecule has 25 heavy (non-hydrogen) atoms. The maximum atomic E-state index is 11.4. The van der Waals surface area contributed by atoms with Crippen LogP contribution in [-0.4, -0.2) is 9.49 Å². The summed E-state index contributed by atoms with van der Waals surface area (Å²) in [5, 5.41) is 12.8. The van der Waals surface area contributed by atoms with E-state index in [9.17, 15) is 10.1 Å². The SMILES string of the molecule is O=[N+]([O-])c1ccccc1-c1ccc2ccn(-c3ccccc3)c2c1Cl. The molecule has 0 fully saturated rings. The van der Waals surface area contributed by atoms with Crippen molar-refractivity contribution in [1.29, 1.82) is 0 Å². The van der Waals surface area contributed by atoms with Crippen molar-refractivity contribution in [3.05, 3.63) is 94.1 Å². The molecular weight excluding hydrogens is 336 g/mol. The van der Waals surface area contributed by atoms with Gasteiger partial charge in [-0.3, -0.25) is 10.1 Å². The second kappa shape index (κ2) is 6.07. The number of rotatable bonds is 3. The smallest absolute Gasteiger partial charge is 0.277 e. The molecule has 1 aromatic heterocycles. The maximum absolute atomic E-state index is 11.4. The Hall–Kier alpha value is -3.11. The van der Waals surface area contributed by atoms with Crippen molar-refractivity contribution in [1.82, 2.24) is 4.57 Å². The summed E-state index contributed by atoms with van der Waals surface area (Å²) < 4.78 is 2.00. The Morgan fingerprint density at radius 2 is 1.56 bits per heavy atom. The molecule has 0 aliphatic rings. The van der Waals surface area contributed by atoms with Gasteiger partial charge in [0.2, 0.25) is 0 Å². The second-order valence-corrected chi connectivity index (χ2v) is 6.04. The number of nitro benzene ring substituents is 1. The summed E-state index contributed by atoms with van der Waals surface area (Å²) in [6.45, 7) is 0. The van der Waals surface area contributed by atoms with Gasteiger partial charge in [-0.2, -0.15) is 0 Å². The molecule has 0 unspecified atom stereocenters. The Bertz CT molecular complexity index is 1090.